The molecule has 0 aromatic heterocycles. The summed E-state index contributed by atoms with van der Waals surface area (Å²) in [7, 11) is 0.864. The number of hydrogen-bond acceptors (Lipinski definition) is 6. The van der Waals surface area contributed by atoms with Gasteiger partial charge in [-0.1, -0.05) is 12.1 Å². The summed E-state index contributed by atoms with van der Waals surface area (Å²) in [5.41, 5.74) is 0.432. The molecule has 0 unspecified atom stereocenters. The standard InChI is InChI=1S/C17H19NO6S/c1-22-13-9-11(10-14(23-2)16(13)24-3)17(19)18-12-7-5-6-8-15(12)25(4,20)21/h5-10H,1-4H3,(H,18,19). The highest BCUT2D eigenvalue weighted by Crippen LogP contribution is 2.38. The summed E-state index contributed by atoms with van der Waals surface area (Å²) in [4.78, 5) is 12.6. The number of carbonyl (C=O) groups excluding carboxylic acids is 1. The second-order valence-electron chi connectivity index (χ2n) is 5.14. The average Bonchev–Trinajstić information content (AvgIpc) is 2.59. The molecule has 0 radical (unpaired) electrons. The van der Waals surface area contributed by atoms with Gasteiger partial charge in [0.1, 0.15) is 0 Å². The maximum Gasteiger partial charge on any atom is 0.255 e. The number of sulfone groups is 1. The Morgan fingerprint density at radius 2 is 1.52 bits per heavy atom. The fraction of sp³-hybridized carbons (Fsp3) is 0.235. The van der Waals surface area contributed by atoms with E-state index in [0.29, 0.717) is 17.2 Å². The van der Waals surface area contributed by atoms with Crippen LogP contribution in [0.2, 0.25) is 0 Å². The number of nitrogens with one attached hydrogen (secondary N) is 1. The Kier molecular flexibility index (Phi) is 5.53. The minimum absolute atomic E-state index is 0.0378. The molecule has 0 aliphatic carbocycles. The van der Waals surface area contributed by atoms with Gasteiger partial charge in [0.25, 0.3) is 5.91 Å². The maximum absolute atomic E-state index is 12.6. The number of amides is 1. The molecular weight excluding hydrogens is 346 g/mol. The van der Waals surface area contributed by atoms with Crippen molar-refractivity contribution >= 4 is 21.4 Å². The molecule has 2 aromatic rings. The van der Waals surface area contributed by atoms with E-state index in [4.69, 9.17) is 14.2 Å². The molecule has 0 atom stereocenters. The maximum atomic E-state index is 12.6. The quantitative estimate of drug-likeness (QED) is 0.845. The molecule has 0 bridgehead atoms. The normalized spacial score (nSPS) is 10.9. The van der Waals surface area contributed by atoms with Crippen LogP contribution < -0.4 is 19.5 Å². The van der Waals surface area contributed by atoms with Gasteiger partial charge in [-0.05, 0) is 24.3 Å². The van der Waals surface area contributed by atoms with Gasteiger partial charge in [0.05, 0.1) is 31.9 Å². The lowest BCUT2D eigenvalue weighted by Gasteiger charge is -2.14. The van der Waals surface area contributed by atoms with Crippen LogP contribution in [-0.2, 0) is 9.84 Å². The fourth-order valence-electron chi connectivity index (χ4n) is 2.30. The Balaban J connectivity index is 2.43. The zero-order valence-electron chi connectivity index (χ0n) is 14.3. The van der Waals surface area contributed by atoms with E-state index in [1.807, 2.05) is 0 Å². The Hall–Kier alpha value is -2.74. The Morgan fingerprint density at radius 1 is 0.960 bits per heavy atom. The van der Waals surface area contributed by atoms with Crippen LogP contribution in [0.5, 0.6) is 17.2 Å². The number of benzene rings is 2. The summed E-state index contributed by atoms with van der Waals surface area (Å²) in [6.07, 6.45) is 1.08. The second kappa shape index (κ2) is 7.43. The molecule has 0 saturated heterocycles. The molecule has 2 rings (SSSR count). The average molecular weight is 365 g/mol. The van der Waals surface area contributed by atoms with Crippen LogP contribution in [0.3, 0.4) is 0 Å². The van der Waals surface area contributed by atoms with Gasteiger partial charge in [0, 0.05) is 11.8 Å². The minimum atomic E-state index is -3.48. The number of carbonyl (C=O) groups is 1. The lowest BCUT2D eigenvalue weighted by Crippen LogP contribution is -2.15. The van der Waals surface area contributed by atoms with Crippen molar-refractivity contribution < 1.29 is 27.4 Å². The molecule has 0 heterocycles. The van der Waals surface area contributed by atoms with Gasteiger partial charge in [0.2, 0.25) is 5.75 Å². The second-order valence-corrected chi connectivity index (χ2v) is 7.12. The van der Waals surface area contributed by atoms with Crippen molar-refractivity contribution in [2.75, 3.05) is 32.9 Å². The molecule has 7 nitrogen and oxygen atoms in total. The number of anilines is 1. The molecule has 0 fully saturated rings. The molecule has 2 aromatic carbocycles. The molecule has 1 N–H and O–H groups in total. The van der Waals surface area contributed by atoms with Crippen molar-refractivity contribution in [3.8, 4) is 17.2 Å². The molecule has 0 saturated carbocycles. The fourth-order valence-corrected chi connectivity index (χ4v) is 3.14. The molecular formula is C17H19NO6S. The lowest BCUT2D eigenvalue weighted by molar-refractivity contribution is 0.102. The molecule has 8 heteroatoms. The topological polar surface area (TPSA) is 90.9 Å². The van der Waals surface area contributed by atoms with E-state index in [2.05, 4.69) is 5.32 Å². The minimum Gasteiger partial charge on any atom is -0.493 e. The summed E-state index contributed by atoms with van der Waals surface area (Å²) < 4.78 is 39.3. The lowest BCUT2D eigenvalue weighted by atomic mass is 10.1. The van der Waals surface area contributed by atoms with Gasteiger partial charge in [-0.15, -0.1) is 0 Å². The third-order valence-corrected chi connectivity index (χ3v) is 4.62. The SMILES string of the molecule is COc1cc(C(=O)Nc2ccccc2S(C)(=O)=O)cc(OC)c1OC. The first-order valence-electron chi connectivity index (χ1n) is 7.22. The molecule has 25 heavy (non-hydrogen) atoms. The third-order valence-electron chi connectivity index (χ3n) is 3.46. The molecule has 0 aliphatic heterocycles. The zero-order valence-corrected chi connectivity index (χ0v) is 15.1. The van der Waals surface area contributed by atoms with Crippen LogP contribution in [0.25, 0.3) is 0 Å². The van der Waals surface area contributed by atoms with Crippen LogP contribution in [-0.4, -0.2) is 41.9 Å². The van der Waals surface area contributed by atoms with E-state index in [1.165, 1.54) is 45.6 Å². The van der Waals surface area contributed by atoms with Crippen molar-refractivity contribution in [1.29, 1.82) is 0 Å². The predicted octanol–water partition coefficient (Wildman–Crippen LogP) is 2.37. The van der Waals surface area contributed by atoms with Crippen molar-refractivity contribution in [2.45, 2.75) is 4.90 Å². The van der Waals surface area contributed by atoms with Gasteiger partial charge < -0.3 is 19.5 Å². The number of rotatable bonds is 6. The van der Waals surface area contributed by atoms with Gasteiger partial charge in [-0.2, -0.15) is 0 Å². The molecule has 0 aliphatic rings. The zero-order chi connectivity index (χ0) is 18.6. The van der Waals surface area contributed by atoms with Crippen molar-refractivity contribution in [1.82, 2.24) is 0 Å². The van der Waals surface area contributed by atoms with Crippen LogP contribution in [0.15, 0.2) is 41.3 Å². The summed E-state index contributed by atoms with van der Waals surface area (Å²) in [5.74, 6) is 0.500. The number of para-hydroxylation sites is 1. The van der Waals surface area contributed by atoms with Gasteiger partial charge in [-0.25, -0.2) is 8.42 Å². The number of methoxy groups -OCH3 is 3. The largest absolute Gasteiger partial charge is 0.493 e. The van der Waals surface area contributed by atoms with E-state index >= 15 is 0 Å². The van der Waals surface area contributed by atoms with Crippen molar-refractivity contribution in [3.63, 3.8) is 0 Å². The van der Waals surface area contributed by atoms with E-state index in [9.17, 15) is 13.2 Å². The van der Waals surface area contributed by atoms with Gasteiger partial charge in [-0.3, -0.25) is 4.79 Å². The first-order chi connectivity index (χ1) is 11.8. The number of hydrogen-bond donors (Lipinski definition) is 1. The summed E-state index contributed by atoms with van der Waals surface area (Å²) in [6, 6.07) is 9.15. The third kappa shape index (κ3) is 4.03. The van der Waals surface area contributed by atoms with Gasteiger partial charge in [0.15, 0.2) is 21.3 Å². The van der Waals surface area contributed by atoms with Crippen molar-refractivity contribution in [2.24, 2.45) is 0 Å². The van der Waals surface area contributed by atoms with Crippen LogP contribution in [0.1, 0.15) is 10.4 Å². The molecule has 0 spiro atoms. The highest BCUT2D eigenvalue weighted by Gasteiger charge is 2.19. The van der Waals surface area contributed by atoms with Crippen LogP contribution in [0.4, 0.5) is 5.69 Å². The summed E-state index contributed by atoms with van der Waals surface area (Å²) >= 11 is 0. The van der Waals surface area contributed by atoms with E-state index in [1.54, 1.807) is 12.1 Å². The highest BCUT2D eigenvalue weighted by molar-refractivity contribution is 7.90. The summed E-state index contributed by atoms with van der Waals surface area (Å²) in [6.45, 7) is 0. The monoisotopic (exact) mass is 365 g/mol. The molecule has 134 valence electrons. The highest BCUT2D eigenvalue weighted by atomic mass is 32.2. The number of ether oxygens (including phenoxy) is 3. The Bertz CT molecular complexity index is 867. The van der Waals surface area contributed by atoms with Gasteiger partial charge >= 0.3 is 0 Å². The Morgan fingerprint density at radius 3 is 2.00 bits per heavy atom. The van der Waals surface area contributed by atoms with Crippen LogP contribution >= 0.6 is 0 Å². The van der Waals surface area contributed by atoms with Crippen molar-refractivity contribution in [3.05, 3.63) is 42.0 Å². The first kappa shape index (κ1) is 18.6. The van der Waals surface area contributed by atoms with E-state index in [-0.39, 0.29) is 16.1 Å². The first-order valence-corrected chi connectivity index (χ1v) is 9.11. The van der Waals surface area contributed by atoms with E-state index in [0.717, 1.165) is 6.26 Å². The smallest absolute Gasteiger partial charge is 0.255 e. The Labute approximate surface area is 146 Å². The molecule has 1 amide bonds. The van der Waals surface area contributed by atoms with E-state index < -0.39 is 15.7 Å². The predicted molar refractivity (Wildman–Crippen MR) is 93.6 cm³/mol. The summed E-state index contributed by atoms with van der Waals surface area (Å²) in [5, 5.41) is 2.60. The van der Waals surface area contributed by atoms with Crippen LogP contribution in [0, 0.1) is 0 Å².